The normalized spacial score (nSPS) is 14.5. The predicted octanol–water partition coefficient (Wildman–Crippen LogP) is 6.74. The van der Waals surface area contributed by atoms with Crippen LogP contribution in [0.4, 0.5) is 5.69 Å². The summed E-state index contributed by atoms with van der Waals surface area (Å²) in [4.78, 5) is 28.8. The first-order valence-electron chi connectivity index (χ1n) is 13.3. The van der Waals surface area contributed by atoms with Gasteiger partial charge in [-0.3, -0.25) is 13.9 Å². The standard InChI is InChI=1S/C30H32BrCl2N3O4S/c1-20-10-16-25(17-11-20)41(39,40)36(27-9-5-8-26(32)29(27)33)19-28(37)35(18-22-12-14-23(31)15-13-22)21(2)30(38)34-24-6-3-4-7-24/h5,8-17,21,24H,3-4,6-7,18-19H2,1-2H3,(H,34,38)/t21-/m0/s1. The van der Waals surface area contributed by atoms with E-state index in [0.29, 0.717) is 0 Å². The highest BCUT2D eigenvalue weighted by Gasteiger charge is 2.34. The van der Waals surface area contributed by atoms with Crippen LogP contribution in [-0.4, -0.2) is 43.8 Å². The molecule has 41 heavy (non-hydrogen) atoms. The maximum Gasteiger partial charge on any atom is 0.264 e. The van der Waals surface area contributed by atoms with Gasteiger partial charge in [0.15, 0.2) is 0 Å². The lowest BCUT2D eigenvalue weighted by Gasteiger charge is -2.32. The van der Waals surface area contributed by atoms with Crippen LogP contribution in [0.3, 0.4) is 0 Å². The topological polar surface area (TPSA) is 86.8 Å². The lowest BCUT2D eigenvalue weighted by molar-refractivity contribution is -0.139. The largest absolute Gasteiger partial charge is 0.352 e. The van der Waals surface area contributed by atoms with E-state index in [4.69, 9.17) is 23.2 Å². The van der Waals surface area contributed by atoms with Crippen molar-refractivity contribution in [1.82, 2.24) is 10.2 Å². The Morgan fingerprint density at radius 1 is 1.00 bits per heavy atom. The van der Waals surface area contributed by atoms with Gasteiger partial charge in [0, 0.05) is 17.1 Å². The van der Waals surface area contributed by atoms with Crippen molar-refractivity contribution in [2.24, 2.45) is 0 Å². The second-order valence-corrected chi connectivity index (χ2v) is 13.8. The first-order chi connectivity index (χ1) is 19.5. The summed E-state index contributed by atoms with van der Waals surface area (Å²) in [6.45, 7) is 3.02. The van der Waals surface area contributed by atoms with Gasteiger partial charge in [-0.1, -0.05) is 87.9 Å². The molecule has 0 bridgehead atoms. The van der Waals surface area contributed by atoms with Gasteiger partial charge in [-0.15, -0.1) is 0 Å². The first-order valence-corrected chi connectivity index (χ1v) is 16.3. The zero-order chi connectivity index (χ0) is 29.7. The molecule has 0 unspecified atom stereocenters. The molecule has 1 aliphatic rings. The zero-order valence-electron chi connectivity index (χ0n) is 22.8. The molecule has 7 nitrogen and oxygen atoms in total. The number of carbonyl (C=O) groups is 2. The summed E-state index contributed by atoms with van der Waals surface area (Å²) in [6, 6.07) is 17.6. The molecule has 1 aliphatic carbocycles. The van der Waals surface area contributed by atoms with Crippen LogP contribution < -0.4 is 9.62 Å². The van der Waals surface area contributed by atoms with E-state index in [1.807, 2.05) is 31.2 Å². The Kier molecular flexibility index (Phi) is 10.4. The number of hydrogen-bond acceptors (Lipinski definition) is 4. The Balaban J connectivity index is 1.71. The van der Waals surface area contributed by atoms with Crippen molar-refractivity contribution in [3.8, 4) is 0 Å². The van der Waals surface area contributed by atoms with Gasteiger partial charge in [-0.25, -0.2) is 8.42 Å². The van der Waals surface area contributed by atoms with E-state index in [1.165, 1.54) is 23.1 Å². The highest BCUT2D eigenvalue weighted by molar-refractivity contribution is 9.10. The molecule has 0 saturated heterocycles. The minimum atomic E-state index is -4.25. The molecule has 1 atom stereocenters. The number of carbonyl (C=O) groups excluding carboxylic acids is 2. The minimum Gasteiger partial charge on any atom is -0.352 e. The van der Waals surface area contributed by atoms with Crippen LogP contribution >= 0.6 is 39.1 Å². The van der Waals surface area contributed by atoms with Crippen molar-refractivity contribution >= 4 is 66.7 Å². The van der Waals surface area contributed by atoms with Crippen LogP contribution in [0, 0.1) is 6.92 Å². The summed E-state index contributed by atoms with van der Waals surface area (Å²) in [7, 11) is -4.25. The first kappa shape index (κ1) is 31.3. The van der Waals surface area contributed by atoms with Crippen molar-refractivity contribution in [2.45, 2.75) is 63.1 Å². The van der Waals surface area contributed by atoms with Crippen molar-refractivity contribution in [3.63, 3.8) is 0 Å². The molecule has 1 saturated carbocycles. The van der Waals surface area contributed by atoms with E-state index in [0.717, 1.165) is 45.6 Å². The summed E-state index contributed by atoms with van der Waals surface area (Å²) in [6.07, 6.45) is 3.89. The fourth-order valence-corrected chi connectivity index (χ4v) is 6.93. The van der Waals surface area contributed by atoms with Crippen LogP contribution in [0.1, 0.15) is 43.7 Å². The molecule has 0 radical (unpaired) electrons. The van der Waals surface area contributed by atoms with Crippen molar-refractivity contribution < 1.29 is 18.0 Å². The van der Waals surface area contributed by atoms with E-state index in [2.05, 4.69) is 21.2 Å². The van der Waals surface area contributed by atoms with Crippen LogP contribution in [-0.2, 0) is 26.2 Å². The van der Waals surface area contributed by atoms with Crippen molar-refractivity contribution in [1.29, 1.82) is 0 Å². The quantitative estimate of drug-likeness (QED) is 0.257. The van der Waals surface area contributed by atoms with E-state index < -0.39 is 28.5 Å². The molecule has 3 aromatic rings. The van der Waals surface area contributed by atoms with Crippen LogP contribution in [0.5, 0.6) is 0 Å². The van der Waals surface area contributed by atoms with Crippen LogP contribution in [0.25, 0.3) is 0 Å². The molecule has 0 heterocycles. The fourth-order valence-electron chi connectivity index (χ4n) is 4.80. The van der Waals surface area contributed by atoms with E-state index in [1.54, 1.807) is 31.2 Å². The van der Waals surface area contributed by atoms with E-state index in [9.17, 15) is 18.0 Å². The van der Waals surface area contributed by atoms with Gasteiger partial charge in [0.25, 0.3) is 10.0 Å². The Labute approximate surface area is 260 Å². The lowest BCUT2D eigenvalue weighted by atomic mass is 10.1. The second kappa shape index (κ2) is 13.6. The lowest BCUT2D eigenvalue weighted by Crippen LogP contribution is -2.52. The number of nitrogens with one attached hydrogen (secondary N) is 1. The van der Waals surface area contributed by atoms with Gasteiger partial charge in [0.05, 0.1) is 20.6 Å². The Morgan fingerprint density at radius 2 is 1.63 bits per heavy atom. The zero-order valence-corrected chi connectivity index (χ0v) is 26.7. The molecule has 1 N–H and O–H groups in total. The van der Waals surface area contributed by atoms with E-state index in [-0.39, 0.29) is 39.1 Å². The average Bonchev–Trinajstić information content (AvgIpc) is 3.46. The van der Waals surface area contributed by atoms with Gasteiger partial charge in [-0.2, -0.15) is 0 Å². The van der Waals surface area contributed by atoms with Gasteiger partial charge in [0.2, 0.25) is 11.8 Å². The molecule has 2 amide bonds. The van der Waals surface area contributed by atoms with Gasteiger partial charge in [0.1, 0.15) is 12.6 Å². The number of halogens is 3. The summed E-state index contributed by atoms with van der Waals surface area (Å²) < 4.78 is 29.8. The predicted molar refractivity (Wildman–Crippen MR) is 167 cm³/mol. The summed E-state index contributed by atoms with van der Waals surface area (Å²) >= 11 is 16.2. The molecular formula is C30H32BrCl2N3O4S. The third-order valence-electron chi connectivity index (χ3n) is 7.22. The van der Waals surface area contributed by atoms with E-state index >= 15 is 0 Å². The fraction of sp³-hybridized carbons (Fsp3) is 0.333. The number of aryl methyl sites for hydroxylation is 1. The average molecular weight is 681 g/mol. The monoisotopic (exact) mass is 679 g/mol. The third-order valence-corrected chi connectivity index (χ3v) is 10.3. The van der Waals surface area contributed by atoms with Gasteiger partial charge in [-0.05, 0) is 68.7 Å². The molecule has 218 valence electrons. The second-order valence-electron chi connectivity index (χ2n) is 10.2. The van der Waals surface area contributed by atoms with Gasteiger partial charge < -0.3 is 10.2 Å². The molecule has 0 aliphatic heterocycles. The summed E-state index contributed by atoms with van der Waals surface area (Å²) in [5.74, 6) is -0.843. The molecule has 1 fully saturated rings. The number of sulfonamides is 1. The minimum absolute atomic E-state index is 0.00146. The summed E-state index contributed by atoms with van der Waals surface area (Å²) in [5, 5.41) is 3.21. The highest BCUT2D eigenvalue weighted by Crippen LogP contribution is 2.35. The number of rotatable bonds is 10. The molecular weight excluding hydrogens is 649 g/mol. The number of amides is 2. The SMILES string of the molecule is Cc1ccc(S(=O)(=O)N(CC(=O)N(Cc2ccc(Br)cc2)[C@@H](C)C(=O)NC2CCCC2)c2cccc(Cl)c2Cl)cc1. The van der Waals surface area contributed by atoms with Crippen LogP contribution in [0.2, 0.25) is 10.0 Å². The van der Waals surface area contributed by atoms with Crippen molar-refractivity contribution in [3.05, 3.63) is 92.4 Å². The third kappa shape index (κ3) is 7.63. The molecule has 3 aromatic carbocycles. The number of anilines is 1. The smallest absolute Gasteiger partial charge is 0.264 e. The molecule has 11 heteroatoms. The molecule has 0 spiro atoms. The Morgan fingerprint density at radius 3 is 2.27 bits per heavy atom. The maximum absolute atomic E-state index is 14.1. The highest BCUT2D eigenvalue weighted by atomic mass is 79.9. The number of nitrogens with zero attached hydrogens (tertiary/aromatic N) is 2. The van der Waals surface area contributed by atoms with Gasteiger partial charge >= 0.3 is 0 Å². The maximum atomic E-state index is 14.1. The Bertz CT molecular complexity index is 1500. The Hall–Kier alpha value is -2.59. The summed E-state index contributed by atoms with van der Waals surface area (Å²) in [5.41, 5.74) is 1.74. The molecule has 0 aromatic heterocycles. The number of benzene rings is 3. The number of hydrogen-bond donors (Lipinski definition) is 1. The van der Waals surface area contributed by atoms with Crippen LogP contribution in [0.15, 0.2) is 76.1 Å². The molecule has 4 rings (SSSR count). The van der Waals surface area contributed by atoms with Crippen molar-refractivity contribution in [2.75, 3.05) is 10.8 Å².